The average Bonchev–Trinajstić information content (AvgIpc) is 2.26. The van der Waals surface area contributed by atoms with Crippen LogP contribution in [0.3, 0.4) is 0 Å². The van der Waals surface area contributed by atoms with Crippen LogP contribution in [0.15, 0.2) is 12.1 Å². The fourth-order valence-corrected chi connectivity index (χ4v) is 2.23. The van der Waals surface area contributed by atoms with Crippen molar-refractivity contribution in [3.05, 3.63) is 29.1 Å². The first kappa shape index (κ1) is 12.9. The van der Waals surface area contributed by atoms with E-state index in [-0.39, 0.29) is 11.5 Å². The van der Waals surface area contributed by atoms with Gasteiger partial charge in [0.05, 0.1) is 5.56 Å². The summed E-state index contributed by atoms with van der Waals surface area (Å²) in [5.41, 5.74) is 6.49. The molecule has 3 N–H and O–H groups in total. The maximum absolute atomic E-state index is 13.8. The molecule has 1 aliphatic rings. The Balaban J connectivity index is 1.95. The van der Waals surface area contributed by atoms with Gasteiger partial charge < -0.3 is 11.1 Å². The van der Waals surface area contributed by atoms with Crippen molar-refractivity contribution < 1.29 is 9.18 Å². The van der Waals surface area contributed by atoms with Gasteiger partial charge in [0.1, 0.15) is 5.82 Å². The number of anilines is 1. The van der Waals surface area contributed by atoms with Crippen molar-refractivity contribution in [1.29, 1.82) is 0 Å². The van der Waals surface area contributed by atoms with Gasteiger partial charge in [-0.2, -0.15) is 0 Å². The number of amides is 1. The van der Waals surface area contributed by atoms with Crippen molar-refractivity contribution in [2.75, 3.05) is 12.3 Å². The highest BCUT2D eigenvalue weighted by molar-refractivity contribution is 5.95. The Bertz CT molecular complexity index is 455. The van der Waals surface area contributed by atoms with E-state index >= 15 is 0 Å². The summed E-state index contributed by atoms with van der Waals surface area (Å²) in [6.07, 6.45) is 4.78. The lowest BCUT2D eigenvalue weighted by Gasteiger charge is -2.25. The lowest BCUT2D eigenvalue weighted by atomic mass is 9.83. The molecule has 0 saturated heterocycles. The van der Waals surface area contributed by atoms with E-state index in [0.29, 0.717) is 17.8 Å². The molecule has 4 heteroatoms. The highest BCUT2D eigenvalue weighted by atomic mass is 19.1. The first-order valence-corrected chi connectivity index (χ1v) is 6.41. The molecule has 0 heterocycles. The molecule has 18 heavy (non-hydrogen) atoms. The molecule has 0 radical (unpaired) electrons. The van der Waals surface area contributed by atoms with Gasteiger partial charge in [-0.25, -0.2) is 4.39 Å². The van der Waals surface area contributed by atoms with Crippen LogP contribution in [0.25, 0.3) is 0 Å². The van der Waals surface area contributed by atoms with Crippen LogP contribution in [0.4, 0.5) is 10.1 Å². The Morgan fingerprint density at radius 2 is 2.22 bits per heavy atom. The molecule has 0 aliphatic heterocycles. The van der Waals surface area contributed by atoms with Crippen molar-refractivity contribution in [2.24, 2.45) is 5.92 Å². The normalized spacial score (nSPS) is 15.2. The Hall–Kier alpha value is -1.58. The third-order valence-corrected chi connectivity index (χ3v) is 3.58. The summed E-state index contributed by atoms with van der Waals surface area (Å²) < 4.78 is 13.8. The topological polar surface area (TPSA) is 55.1 Å². The van der Waals surface area contributed by atoms with Gasteiger partial charge in [-0.1, -0.05) is 19.3 Å². The smallest absolute Gasteiger partial charge is 0.254 e. The van der Waals surface area contributed by atoms with Crippen LogP contribution in [0.5, 0.6) is 0 Å². The number of benzene rings is 1. The third kappa shape index (κ3) is 2.81. The molecule has 1 aromatic carbocycles. The summed E-state index contributed by atoms with van der Waals surface area (Å²) >= 11 is 0. The minimum atomic E-state index is -0.481. The molecule has 0 aromatic heterocycles. The zero-order chi connectivity index (χ0) is 13.1. The van der Waals surface area contributed by atoms with Gasteiger partial charge >= 0.3 is 0 Å². The van der Waals surface area contributed by atoms with Crippen LogP contribution in [-0.4, -0.2) is 12.5 Å². The first-order valence-electron chi connectivity index (χ1n) is 6.41. The summed E-state index contributed by atoms with van der Waals surface area (Å²) in [7, 11) is 0. The maximum atomic E-state index is 13.8. The second-order valence-corrected chi connectivity index (χ2v) is 5.04. The molecule has 1 fully saturated rings. The summed E-state index contributed by atoms with van der Waals surface area (Å²) in [4.78, 5) is 11.9. The molecule has 1 saturated carbocycles. The molecule has 3 nitrogen and oxygen atoms in total. The van der Waals surface area contributed by atoms with Crippen LogP contribution in [0.1, 0.15) is 41.6 Å². The minimum Gasteiger partial charge on any atom is -0.399 e. The minimum absolute atomic E-state index is 0.0427. The van der Waals surface area contributed by atoms with Crippen molar-refractivity contribution in [2.45, 2.75) is 32.6 Å². The van der Waals surface area contributed by atoms with Crippen molar-refractivity contribution >= 4 is 11.6 Å². The Morgan fingerprint density at radius 1 is 1.50 bits per heavy atom. The summed E-state index contributed by atoms with van der Waals surface area (Å²) in [5, 5.41) is 2.76. The fraction of sp³-hybridized carbons (Fsp3) is 0.500. The second kappa shape index (κ2) is 5.38. The quantitative estimate of drug-likeness (QED) is 0.807. The van der Waals surface area contributed by atoms with Crippen LogP contribution < -0.4 is 11.1 Å². The van der Waals surface area contributed by atoms with Gasteiger partial charge in [-0.05, 0) is 37.0 Å². The second-order valence-electron chi connectivity index (χ2n) is 5.04. The molecule has 0 atom stereocenters. The van der Waals surface area contributed by atoms with Crippen LogP contribution in [0.2, 0.25) is 0 Å². The zero-order valence-electron chi connectivity index (χ0n) is 10.6. The van der Waals surface area contributed by atoms with E-state index in [9.17, 15) is 9.18 Å². The van der Waals surface area contributed by atoms with Gasteiger partial charge in [0, 0.05) is 12.2 Å². The molecule has 1 amide bonds. The number of nitrogen functional groups attached to an aromatic ring is 1. The number of halogens is 1. The molecule has 1 aromatic rings. The molecular weight excluding hydrogens is 231 g/mol. The van der Waals surface area contributed by atoms with Crippen molar-refractivity contribution in [3.8, 4) is 0 Å². The van der Waals surface area contributed by atoms with E-state index in [1.165, 1.54) is 31.4 Å². The van der Waals surface area contributed by atoms with Gasteiger partial charge in [-0.15, -0.1) is 0 Å². The lowest BCUT2D eigenvalue weighted by molar-refractivity contribution is 0.0945. The van der Waals surface area contributed by atoms with Crippen molar-refractivity contribution in [3.63, 3.8) is 0 Å². The van der Waals surface area contributed by atoms with E-state index in [0.717, 1.165) is 12.3 Å². The predicted molar refractivity (Wildman–Crippen MR) is 69.8 cm³/mol. The molecule has 0 unspecified atom stereocenters. The number of nitrogens with two attached hydrogens (primary N) is 1. The van der Waals surface area contributed by atoms with E-state index in [2.05, 4.69) is 5.32 Å². The Kier molecular flexibility index (Phi) is 3.84. The molecule has 98 valence electrons. The summed E-state index contributed by atoms with van der Waals surface area (Å²) in [5.74, 6) is -0.120. The van der Waals surface area contributed by atoms with Crippen LogP contribution in [-0.2, 0) is 0 Å². The number of hydrogen-bond acceptors (Lipinski definition) is 2. The number of hydrogen-bond donors (Lipinski definition) is 2. The summed E-state index contributed by atoms with van der Waals surface area (Å²) in [6, 6.07) is 2.92. The fourth-order valence-electron chi connectivity index (χ4n) is 2.23. The first-order chi connectivity index (χ1) is 8.58. The average molecular weight is 250 g/mol. The standard InChI is InChI=1S/C14H19FN2O/c1-9-7-11(16)8-12(13(9)15)14(18)17-6-5-10-3-2-4-10/h7-8,10H,2-6,16H2,1H3,(H,17,18). The van der Waals surface area contributed by atoms with Crippen LogP contribution in [0, 0.1) is 18.7 Å². The van der Waals surface area contributed by atoms with Gasteiger partial charge in [0.2, 0.25) is 0 Å². The highest BCUT2D eigenvalue weighted by Crippen LogP contribution is 2.28. The number of carbonyl (C=O) groups is 1. The van der Waals surface area contributed by atoms with Gasteiger partial charge in [-0.3, -0.25) is 4.79 Å². The largest absolute Gasteiger partial charge is 0.399 e. The highest BCUT2D eigenvalue weighted by Gasteiger charge is 2.18. The summed E-state index contributed by atoms with van der Waals surface area (Å²) in [6.45, 7) is 2.22. The van der Waals surface area contributed by atoms with E-state index in [1.54, 1.807) is 6.92 Å². The SMILES string of the molecule is Cc1cc(N)cc(C(=O)NCCC2CCC2)c1F. The maximum Gasteiger partial charge on any atom is 0.254 e. The molecule has 2 rings (SSSR count). The number of rotatable bonds is 4. The van der Waals surface area contributed by atoms with Gasteiger partial charge in [0.15, 0.2) is 0 Å². The lowest BCUT2D eigenvalue weighted by Crippen LogP contribution is -2.28. The number of carbonyl (C=O) groups excluding carboxylic acids is 1. The number of nitrogens with one attached hydrogen (secondary N) is 1. The molecule has 1 aliphatic carbocycles. The van der Waals surface area contributed by atoms with E-state index in [4.69, 9.17) is 5.73 Å². The zero-order valence-corrected chi connectivity index (χ0v) is 10.6. The van der Waals surface area contributed by atoms with E-state index in [1.807, 2.05) is 0 Å². The van der Waals surface area contributed by atoms with Crippen molar-refractivity contribution in [1.82, 2.24) is 5.32 Å². The van der Waals surface area contributed by atoms with E-state index < -0.39 is 5.82 Å². The predicted octanol–water partition coefficient (Wildman–Crippen LogP) is 2.64. The molecule has 0 spiro atoms. The molecular formula is C14H19FN2O. The Labute approximate surface area is 107 Å². The molecule has 0 bridgehead atoms. The van der Waals surface area contributed by atoms with Gasteiger partial charge in [0.25, 0.3) is 5.91 Å². The third-order valence-electron chi connectivity index (χ3n) is 3.58. The van der Waals surface area contributed by atoms with Crippen LogP contribution >= 0.6 is 0 Å². The Morgan fingerprint density at radius 3 is 2.83 bits per heavy atom. The monoisotopic (exact) mass is 250 g/mol. The number of aryl methyl sites for hydroxylation is 1.